The molecular weight excluding hydrogens is 211 g/mol. The van der Waals surface area contributed by atoms with Gasteiger partial charge in [-0.15, -0.1) is 0 Å². The molecule has 0 bridgehead atoms. The van der Waals surface area contributed by atoms with Crippen molar-refractivity contribution in [1.29, 1.82) is 0 Å². The van der Waals surface area contributed by atoms with Crippen LogP contribution in [0.5, 0.6) is 0 Å². The van der Waals surface area contributed by atoms with Gasteiger partial charge in [-0.05, 0) is 38.5 Å². The van der Waals surface area contributed by atoms with E-state index in [1.54, 1.807) is 26.8 Å². The molecule has 1 aromatic rings. The fraction of sp³-hybridized carbons (Fsp3) is 0.455. The first kappa shape index (κ1) is 12.4. The van der Waals surface area contributed by atoms with E-state index in [0.29, 0.717) is 5.56 Å². The Hall–Kier alpha value is -1.65. The number of rotatable bonds is 2. The molecule has 0 spiro atoms. The van der Waals surface area contributed by atoms with Gasteiger partial charge in [0.1, 0.15) is 0 Å². The Bertz CT molecular complexity index is 388. The summed E-state index contributed by atoms with van der Waals surface area (Å²) in [5.74, 6) is -0.600. The lowest BCUT2D eigenvalue weighted by atomic mass is 10.1. The molecule has 88 valence electrons. The van der Waals surface area contributed by atoms with E-state index in [9.17, 15) is 9.18 Å². The van der Waals surface area contributed by atoms with Crippen LogP contribution in [0.2, 0.25) is 0 Å². The van der Waals surface area contributed by atoms with Crippen LogP contribution in [0, 0.1) is 5.95 Å². The van der Waals surface area contributed by atoms with Crippen molar-refractivity contribution in [3.05, 3.63) is 29.8 Å². The van der Waals surface area contributed by atoms with Gasteiger partial charge in [0.05, 0.1) is 0 Å². The minimum absolute atomic E-state index is 0.151. The highest BCUT2D eigenvalue weighted by Crippen LogP contribution is 2.17. The van der Waals surface area contributed by atoms with Crippen molar-refractivity contribution in [3.63, 3.8) is 0 Å². The minimum Gasteiger partial charge on any atom is -0.465 e. The third kappa shape index (κ3) is 3.18. The first-order valence-corrected chi connectivity index (χ1v) is 4.91. The quantitative estimate of drug-likeness (QED) is 0.788. The van der Waals surface area contributed by atoms with Gasteiger partial charge in [0.2, 0.25) is 5.95 Å². The zero-order chi connectivity index (χ0) is 12.3. The fourth-order valence-electron chi connectivity index (χ4n) is 1.32. The summed E-state index contributed by atoms with van der Waals surface area (Å²) >= 11 is 0. The standard InChI is InChI=1S/C11H15FN2O2/c1-11(2,3)14(10(15)16)7-8-4-5-13-9(12)6-8/h4-6H,7H2,1-3H3,(H,15,16). The summed E-state index contributed by atoms with van der Waals surface area (Å²) in [5.41, 5.74) is 0.0656. The molecule has 1 amide bonds. The van der Waals surface area contributed by atoms with Crippen molar-refractivity contribution in [2.24, 2.45) is 0 Å². The van der Waals surface area contributed by atoms with Crippen LogP contribution in [0.4, 0.5) is 9.18 Å². The maximum absolute atomic E-state index is 12.8. The average molecular weight is 226 g/mol. The molecule has 0 radical (unpaired) electrons. The Balaban J connectivity index is 2.89. The van der Waals surface area contributed by atoms with E-state index >= 15 is 0 Å². The van der Waals surface area contributed by atoms with Crippen LogP contribution in [0.1, 0.15) is 26.3 Å². The van der Waals surface area contributed by atoms with Gasteiger partial charge < -0.3 is 5.11 Å². The molecular formula is C11H15FN2O2. The number of amides is 1. The molecule has 16 heavy (non-hydrogen) atoms. The van der Waals surface area contributed by atoms with Crippen LogP contribution < -0.4 is 0 Å². The van der Waals surface area contributed by atoms with Crippen LogP contribution in [0.15, 0.2) is 18.3 Å². The molecule has 0 aliphatic heterocycles. The van der Waals surface area contributed by atoms with Crippen LogP contribution in [0.3, 0.4) is 0 Å². The smallest absolute Gasteiger partial charge is 0.408 e. The summed E-state index contributed by atoms with van der Waals surface area (Å²) in [4.78, 5) is 15.7. The highest BCUT2D eigenvalue weighted by atomic mass is 19.1. The third-order valence-electron chi connectivity index (χ3n) is 2.17. The van der Waals surface area contributed by atoms with Crippen molar-refractivity contribution in [1.82, 2.24) is 9.88 Å². The van der Waals surface area contributed by atoms with Crippen LogP contribution in [-0.2, 0) is 6.54 Å². The lowest BCUT2D eigenvalue weighted by molar-refractivity contribution is 0.0954. The maximum atomic E-state index is 12.8. The molecule has 0 aromatic carbocycles. The third-order valence-corrected chi connectivity index (χ3v) is 2.17. The van der Waals surface area contributed by atoms with Gasteiger partial charge in [-0.25, -0.2) is 9.78 Å². The number of halogens is 1. The number of carboxylic acid groups (broad SMARTS) is 1. The first-order chi connectivity index (χ1) is 7.30. The summed E-state index contributed by atoms with van der Waals surface area (Å²) in [6, 6.07) is 2.84. The van der Waals surface area contributed by atoms with Gasteiger partial charge in [0, 0.05) is 18.3 Å². The van der Waals surface area contributed by atoms with Crippen molar-refractivity contribution >= 4 is 6.09 Å². The Morgan fingerprint density at radius 3 is 2.62 bits per heavy atom. The van der Waals surface area contributed by atoms with E-state index in [1.807, 2.05) is 0 Å². The molecule has 0 fully saturated rings. The van der Waals surface area contributed by atoms with Gasteiger partial charge in [0.25, 0.3) is 0 Å². The average Bonchev–Trinajstić information content (AvgIpc) is 2.12. The molecule has 1 rings (SSSR count). The second-order valence-corrected chi connectivity index (χ2v) is 4.53. The van der Waals surface area contributed by atoms with Crippen LogP contribution >= 0.6 is 0 Å². The molecule has 0 atom stereocenters. The lowest BCUT2D eigenvalue weighted by Crippen LogP contribution is -2.44. The van der Waals surface area contributed by atoms with Gasteiger partial charge in [0.15, 0.2) is 0 Å². The van der Waals surface area contributed by atoms with Crippen molar-refractivity contribution < 1.29 is 14.3 Å². The van der Waals surface area contributed by atoms with E-state index < -0.39 is 17.6 Å². The molecule has 0 aliphatic carbocycles. The number of hydrogen-bond donors (Lipinski definition) is 1. The topological polar surface area (TPSA) is 53.4 Å². The number of pyridine rings is 1. The Kier molecular flexibility index (Phi) is 3.47. The van der Waals surface area contributed by atoms with Gasteiger partial charge >= 0.3 is 6.09 Å². The fourth-order valence-corrected chi connectivity index (χ4v) is 1.32. The lowest BCUT2D eigenvalue weighted by Gasteiger charge is -2.33. The molecule has 0 saturated carbocycles. The van der Waals surface area contributed by atoms with E-state index in [4.69, 9.17) is 5.11 Å². The maximum Gasteiger partial charge on any atom is 0.408 e. The zero-order valence-corrected chi connectivity index (χ0v) is 9.57. The van der Waals surface area contributed by atoms with Gasteiger partial charge in [-0.1, -0.05) is 0 Å². The molecule has 4 nitrogen and oxygen atoms in total. The SMILES string of the molecule is CC(C)(C)N(Cc1ccnc(F)c1)C(=O)O. The van der Waals surface area contributed by atoms with Crippen molar-refractivity contribution in [2.45, 2.75) is 32.9 Å². The largest absolute Gasteiger partial charge is 0.465 e. The highest BCUT2D eigenvalue weighted by molar-refractivity contribution is 5.66. The Morgan fingerprint density at radius 2 is 2.19 bits per heavy atom. The van der Waals surface area contributed by atoms with Crippen LogP contribution in [-0.4, -0.2) is 26.6 Å². The van der Waals surface area contributed by atoms with E-state index in [1.165, 1.54) is 17.2 Å². The summed E-state index contributed by atoms with van der Waals surface area (Å²) in [6.07, 6.45) is 0.303. The van der Waals surface area contributed by atoms with Gasteiger partial charge in [-0.3, -0.25) is 4.90 Å². The molecule has 1 heterocycles. The summed E-state index contributed by atoms with van der Waals surface area (Å²) < 4.78 is 12.8. The monoisotopic (exact) mass is 226 g/mol. The predicted molar refractivity (Wildman–Crippen MR) is 57.5 cm³/mol. The highest BCUT2D eigenvalue weighted by Gasteiger charge is 2.26. The minimum atomic E-state index is -1.02. The second kappa shape index (κ2) is 4.47. The van der Waals surface area contributed by atoms with Crippen molar-refractivity contribution in [2.75, 3.05) is 0 Å². The summed E-state index contributed by atoms with van der Waals surface area (Å²) in [5, 5.41) is 9.06. The molecule has 0 unspecified atom stereocenters. The van der Waals surface area contributed by atoms with Gasteiger partial charge in [-0.2, -0.15) is 4.39 Å². The summed E-state index contributed by atoms with van der Waals surface area (Å²) in [6.45, 7) is 5.52. The second-order valence-electron chi connectivity index (χ2n) is 4.53. The van der Waals surface area contributed by atoms with Crippen LogP contribution in [0.25, 0.3) is 0 Å². The molecule has 5 heteroatoms. The molecule has 1 aromatic heterocycles. The van der Waals surface area contributed by atoms with E-state index in [0.717, 1.165) is 0 Å². The first-order valence-electron chi connectivity index (χ1n) is 4.91. The number of hydrogen-bond acceptors (Lipinski definition) is 2. The number of aromatic nitrogens is 1. The van der Waals surface area contributed by atoms with E-state index in [2.05, 4.69) is 4.98 Å². The predicted octanol–water partition coefficient (Wildman–Crippen LogP) is 2.50. The van der Waals surface area contributed by atoms with E-state index in [-0.39, 0.29) is 6.54 Å². The molecule has 0 saturated heterocycles. The number of carbonyl (C=O) groups is 1. The zero-order valence-electron chi connectivity index (χ0n) is 9.57. The molecule has 0 aliphatic rings. The summed E-state index contributed by atoms with van der Waals surface area (Å²) in [7, 11) is 0. The molecule has 1 N–H and O–H groups in total. The number of nitrogens with zero attached hydrogens (tertiary/aromatic N) is 2. The Labute approximate surface area is 93.7 Å². The normalized spacial score (nSPS) is 11.2. The Morgan fingerprint density at radius 1 is 1.56 bits per heavy atom. The van der Waals surface area contributed by atoms with Crippen molar-refractivity contribution in [3.8, 4) is 0 Å².